The maximum Gasteiger partial charge on any atom is 0.242 e. The summed E-state index contributed by atoms with van der Waals surface area (Å²) in [6.07, 6.45) is 0.817. The van der Waals surface area contributed by atoms with Crippen LogP contribution < -0.4 is 5.32 Å². The highest BCUT2D eigenvalue weighted by atomic mass is 35.5. The van der Waals surface area contributed by atoms with Crippen LogP contribution in [0.2, 0.25) is 10.0 Å². The van der Waals surface area contributed by atoms with Crippen LogP contribution in [0.3, 0.4) is 0 Å². The van der Waals surface area contributed by atoms with Crippen LogP contribution in [0.25, 0.3) is 0 Å². The smallest absolute Gasteiger partial charge is 0.242 e. The summed E-state index contributed by atoms with van der Waals surface area (Å²) < 4.78 is 13.2. The summed E-state index contributed by atoms with van der Waals surface area (Å²) in [7, 11) is 0. The van der Waals surface area contributed by atoms with Crippen LogP contribution in [0.1, 0.15) is 30.1 Å². The minimum absolute atomic E-state index is 0. The number of benzene rings is 2. The van der Waals surface area contributed by atoms with Gasteiger partial charge in [-0.2, -0.15) is 0 Å². The molecule has 2 atom stereocenters. The fraction of sp³-hybridized carbons (Fsp3) is 0.350. The molecule has 8 heteroatoms. The number of aliphatic hydroxyl groups excluding tert-OH is 1. The number of hydrogen-bond acceptors (Lipinski definition) is 3. The number of amides is 1. The van der Waals surface area contributed by atoms with Gasteiger partial charge in [-0.25, -0.2) is 4.39 Å². The number of nitrogens with zero attached hydrogens (tertiary/aromatic N) is 1. The van der Waals surface area contributed by atoms with Crippen molar-refractivity contribution in [3.05, 3.63) is 69.5 Å². The van der Waals surface area contributed by atoms with E-state index in [9.17, 15) is 14.3 Å². The Morgan fingerprint density at radius 2 is 1.75 bits per heavy atom. The van der Waals surface area contributed by atoms with E-state index < -0.39 is 18.0 Å². The zero-order valence-electron chi connectivity index (χ0n) is 15.1. The topological polar surface area (TPSA) is 52.6 Å². The molecular weight excluding hydrogens is 426 g/mol. The fourth-order valence-corrected chi connectivity index (χ4v) is 3.52. The van der Waals surface area contributed by atoms with Gasteiger partial charge in [-0.3, -0.25) is 10.1 Å². The summed E-state index contributed by atoms with van der Waals surface area (Å²) in [5.74, 6) is -0.554. The molecule has 1 saturated heterocycles. The van der Waals surface area contributed by atoms with E-state index in [0.717, 1.165) is 18.4 Å². The summed E-state index contributed by atoms with van der Waals surface area (Å²) in [5.41, 5.74) is 1.32. The van der Waals surface area contributed by atoms with Crippen LogP contribution in [-0.2, 0) is 11.3 Å². The molecule has 1 fully saturated rings. The number of nitrogens with one attached hydrogen (secondary N) is 1. The monoisotopic (exact) mass is 446 g/mol. The Morgan fingerprint density at radius 3 is 2.36 bits per heavy atom. The summed E-state index contributed by atoms with van der Waals surface area (Å²) in [5, 5.41) is 14.8. The van der Waals surface area contributed by atoms with Crippen LogP contribution in [0.15, 0.2) is 42.5 Å². The first-order valence-electron chi connectivity index (χ1n) is 8.85. The van der Waals surface area contributed by atoms with Gasteiger partial charge in [-0.05, 0) is 48.2 Å². The predicted molar refractivity (Wildman–Crippen MR) is 112 cm³/mol. The molecule has 28 heavy (non-hydrogen) atoms. The molecule has 0 radical (unpaired) electrons. The Labute approximate surface area is 180 Å². The lowest BCUT2D eigenvalue weighted by atomic mass is 10.0. The summed E-state index contributed by atoms with van der Waals surface area (Å²) >= 11 is 12.0. The second kappa shape index (κ2) is 10.4. The third-order valence-corrected chi connectivity index (χ3v) is 5.46. The van der Waals surface area contributed by atoms with Crippen LogP contribution in [-0.4, -0.2) is 35.0 Å². The van der Waals surface area contributed by atoms with Crippen molar-refractivity contribution < 1.29 is 14.3 Å². The summed E-state index contributed by atoms with van der Waals surface area (Å²) in [6.45, 7) is 1.69. The Hall–Kier alpha value is -1.37. The molecule has 1 heterocycles. The largest absolute Gasteiger partial charge is 0.386 e. The van der Waals surface area contributed by atoms with Crippen LogP contribution in [0.5, 0.6) is 0 Å². The van der Waals surface area contributed by atoms with E-state index in [-0.39, 0.29) is 18.3 Å². The first-order valence-corrected chi connectivity index (χ1v) is 9.61. The molecule has 0 bridgehead atoms. The van der Waals surface area contributed by atoms with Gasteiger partial charge in [0.25, 0.3) is 0 Å². The molecule has 2 unspecified atom stereocenters. The first kappa shape index (κ1) is 22.9. The molecule has 152 valence electrons. The third kappa shape index (κ3) is 5.58. The van der Waals surface area contributed by atoms with Gasteiger partial charge >= 0.3 is 0 Å². The van der Waals surface area contributed by atoms with E-state index in [1.54, 1.807) is 17.0 Å². The van der Waals surface area contributed by atoms with Gasteiger partial charge in [0.2, 0.25) is 5.91 Å². The average Bonchev–Trinajstić information content (AvgIpc) is 3.19. The first-order chi connectivity index (χ1) is 13.0. The Balaban J connectivity index is 0.00000280. The van der Waals surface area contributed by atoms with Crippen molar-refractivity contribution in [2.75, 3.05) is 13.1 Å². The van der Waals surface area contributed by atoms with E-state index in [4.69, 9.17) is 23.2 Å². The van der Waals surface area contributed by atoms with Crippen molar-refractivity contribution in [1.82, 2.24) is 10.2 Å². The highest BCUT2D eigenvalue weighted by Crippen LogP contribution is 2.24. The van der Waals surface area contributed by atoms with E-state index in [1.807, 2.05) is 6.07 Å². The predicted octanol–water partition coefficient (Wildman–Crippen LogP) is 4.37. The van der Waals surface area contributed by atoms with Crippen molar-refractivity contribution in [2.24, 2.45) is 0 Å². The molecule has 2 N–H and O–H groups in total. The van der Waals surface area contributed by atoms with Gasteiger partial charge in [0.1, 0.15) is 18.0 Å². The van der Waals surface area contributed by atoms with E-state index in [0.29, 0.717) is 35.2 Å². The maximum atomic E-state index is 13.2. The van der Waals surface area contributed by atoms with Crippen molar-refractivity contribution >= 4 is 41.5 Å². The van der Waals surface area contributed by atoms with Gasteiger partial charge in [0.05, 0.1) is 10.0 Å². The third-order valence-electron chi connectivity index (χ3n) is 4.72. The second-order valence-electron chi connectivity index (χ2n) is 6.64. The summed E-state index contributed by atoms with van der Waals surface area (Å²) in [4.78, 5) is 14.7. The highest BCUT2D eigenvalue weighted by Gasteiger charge is 2.32. The molecule has 1 aliphatic heterocycles. The van der Waals surface area contributed by atoms with Gasteiger partial charge in [0, 0.05) is 19.6 Å². The summed E-state index contributed by atoms with van der Waals surface area (Å²) in [6, 6.07) is 9.90. The maximum absolute atomic E-state index is 13.2. The highest BCUT2D eigenvalue weighted by molar-refractivity contribution is 6.42. The number of halogens is 4. The normalized spacial score (nSPS) is 15.8. The Morgan fingerprint density at radius 1 is 1.11 bits per heavy atom. The quantitative estimate of drug-likeness (QED) is 0.691. The van der Waals surface area contributed by atoms with E-state index >= 15 is 0 Å². The lowest BCUT2D eigenvalue weighted by Crippen LogP contribution is -2.48. The zero-order chi connectivity index (χ0) is 19.4. The molecule has 4 nitrogen and oxygen atoms in total. The van der Waals surface area contributed by atoms with Crippen LogP contribution in [0, 0.1) is 5.82 Å². The second-order valence-corrected chi connectivity index (χ2v) is 7.45. The molecule has 0 aromatic heterocycles. The molecule has 2 aromatic rings. The minimum atomic E-state index is -1.10. The van der Waals surface area contributed by atoms with Crippen molar-refractivity contribution in [3.8, 4) is 0 Å². The standard InChI is InChI=1S/C20H21Cl2FN2O2.ClH/c21-16-8-3-13(11-17(16)22)12-24-18(20(27)25-9-1-2-10-25)19(26)14-4-6-15(23)7-5-14;/h3-8,11,18-19,24,26H,1-2,9-10,12H2;1H. The molecule has 0 aliphatic carbocycles. The average molecular weight is 448 g/mol. The lowest BCUT2D eigenvalue weighted by Gasteiger charge is -2.28. The molecule has 1 aliphatic rings. The number of carbonyl (C=O) groups is 1. The Kier molecular flexibility index (Phi) is 8.53. The van der Waals surface area contributed by atoms with Crippen molar-refractivity contribution in [1.29, 1.82) is 0 Å². The van der Waals surface area contributed by atoms with Gasteiger partial charge in [-0.15, -0.1) is 12.4 Å². The number of carbonyl (C=O) groups excluding carboxylic acids is 1. The SMILES string of the molecule is Cl.O=C(C(NCc1ccc(Cl)c(Cl)c1)C(O)c1ccc(F)cc1)N1CCCC1. The lowest BCUT2D eigenvalue weighted by molar-refractivity contribution is -0.135. The van der Waals surface area contributed by atoms with Crippen molar-refractivity contribution in [2.45, 2.75) is 31.5 Å². The molecule has 2 aromatic carbocycles. The number of rotatable bonds is 6. The Bertz CT molecular complexity index is 799. The molecule has 0 saturated carbocycles. The number of aliphatic hydroxyl groups is 1. The van der Waals surface area contributed by atoms with E-state index in [1.165, 1.54) is 24.3 Å². The number of hydrogen-bond donors (Lipinski definition) is 2. The van der Waals surface area contributed by atoms with Crippen LogP contribution >= 0.6 is 35.6 Å². The number of likely N-dealkylation sites (tertiary alicyclic amines) is 1. The van der Waals surface area contributed by atoms with Gasteiger partial charge < -0.3 is 10.0 Å². The van der Waals surface area contributed by atoms with Gasteiger partial charge in [-0.1, -0.05) is 41.4 Å². The molecule has 3 rings (SSSR count). The molecular formula is C20H22Cl3FN2O2. The molecule has 0 spiro atoms. The van der Waals surface area contributed by atoms with Gasteiger partial charge in [0.15, 0.2) is 0 Å². The molecule has 1 amide bonds. The zero-order valence-corrected chi connectivity index (χ0v) is 17.4. The van der Waals surface area contributed by atoms with Crippen LogP contribution in [0.4, 0.5) is 4.39 Å². The van der Waals surface area contributed by atoms with Crippen molar-refractivity contribution in [3.63, 3.8) is 0 Å². The fourth-order valence-electron chi connectivity index (χ4n) is 3.20. The van der Waals surface area contributed by atoms with E-state index in [2.05, 4.69) is 5.32 Å². The minimum Gasteiger partial charge on any atom is -0.386 e.